The molecule has 1 aliphatic heterocycles. The van der Waals surface area contributed by atoms with Crippen molar-refractivity contribution in [3.05, 3.63) is 0 Å². The fourth-order valence-electron chi connectivity index (χ4n) is 0.576. The molecule has 0 saturated heterocycles. The van der Waals surface area contributed by atoms with Crippen LogP contribution in [0.3, 0.4) is 0 Å². The highest BCUT2D eigenvalue weighted by atomic mass is 31.3. The molecule has 1 aliphatic rings. The molecule has 0 aliphatic carbocycles. The van der Waals surface area contributed by atoms with E-state index in [4.69, 9.17) is 0 Å². The van der Waals surface area contributed by atoms with Gasteiger partial charge in [-0.25, -0.2) is 0 Å². The van der Waals surface area contributed by atoms with Gasteiger partial charge in [0.05, 0.1) is 0 Å². The summed E-state index contributed by atoms with van der Waals surface area (Å²) in [6.45, 7) is 0.559. The van der Waals surface area contributed by atoms with Gasteiger partial charge in [-0.1, -0.05) is 0 Å². The molecule has 1 unspecified atom stereocenters. The highest BCUT2D eigenvalue weighted by Crippen LogP contribution is 2.80. The third-order valence-corrected chi connectivity index (χ3v) is 6.81. The molecule has 12 heavy (non-hydrogen) atoms. The molecule has 0 N–H and O–H groups in total. The first-order valence-corrected chi connectivity index (χ1v) is 7.48. The summed E-state index contributed by atoms with van der Waals surface area (Å²) in [5.74, 6) is 0. The molecule has 0 aromatic carbocycles. The van der Waals surface area contributed by atoms with Gasteiger partial charge in [0, 0.05) is 6.66 Å². The highest BCUT2D eigenvalue weighted by Gasteiger charge is 2.36. The average molecular weight is 245 g/mol. The monoisotopic (exact) mass is 245 g/mol. The molecular formula is CH3F5N3P3. The summed E-state index contributed by atoms with van der Waals surface area (Å²) in [5, 5.41) is 0. The van der Waals surface area contributed by atoms with Gasteiger partial charge in [-0.05, 0) is 0 Å². The molecule has 1 rings (SSSR count). The molecule has 0 spiro atoms. The van der Waals surface area contributed by atoms with Crippen LogP contribution in [0.5, 0.6) is 0 Å². The second-order valence-electron chi connectivity index (χ2n) is 1.99. The fraction of sp³-hybridized carbons (Fsp3) is 1.00. The lowest BCUT2D eigenvalue weighted by Crippen LogP contribution is -1.70. The van der Waals surface area contributed by atoms with Crippen molar-refractivity contribution in [3.8, 4) is 0 Å². The van der Waals surface area contributed by atoms with Crippen LogP contribution < -0.4 is 0 Å². The third-order valence-electron chi connectivity index (χ3n) is 0.757. The van der Waals surface area contributed by atoms with Gasteiger partial charge in [0.2, 0.25) is 7.52 Å². The van der Waals surface area contributed by atoms with E-state index in [-0.39, 0.29) is 0 Å². The van der Waals surface area contributed by atoms with Crippen molar-refractivity contribution in [1.29, 1.82) is 0 Å². The molecule has 0 bridgehead atoms. The lowest BCUT2D eigenvalue weighted by Gasteiger charge is -2.12. The maximum atomic E-state index is 12.7. The van der Waals surface area contributed by atoms with Crippen molar-refractivity contribution in [2.45, 2.75) is 0 Å². The zero-order chi connectivity index (χ0) is 9.62. The van der Waals surface area contributed by atoms with Crippen molar-refractivity contribution in [2.75, 3.05) is 6.66 Å². The summed E-state index contributed by atoms with van der Waals surface area (Å²) in [6.07, 6.45) is 0. The van der Waals surface area contributed by atoms with Crippen molar-refractivity contribution in [3.63, 3.8) is 0 Å². The van der Waals surface area contributed by atoms with E-state index in [0.29, 0.717) is 6.66 Å². The molecule has 0 radical (unpaired) electrons. The summed E-state index contributed by atoms with van der Waals surface area (Å²) in [7, 11) is -15.2. The highest BCUT2D eigenvalue weighted by molar-refractivity contribution is 7.79. The minimum atomic E-state index is -5.45. The first-order valence-electron chi connectivity index (χ1n) is 2.49. The Morgan fingerprint density at radius 3 is 1.50 bits per heavy atom. The van der Waals surface area contributed by atoms with Crippen molar-refractivity contribution in [2.24, 2.45) is 13.5 Å². The van der Waals surface area contributed by atoms with Gasteiger partial charge >= 0.3 is 15.7 Å². The van der Waals surface area contributed by atoms with E-state index >= 15 is 0 Å². The number of nitrogens with zero attached hydrogens (tertiary/aromatic N) is 3. The summed E-state index contributed by atoms with van der Waals surface area (Å²) in [4.78, 5) is 0. The molecule has 11 heteroatoms. The quantitative estimate of drug-likeness (QED) is 0.404. The Labute approximate surface area is 65.3 Å². The minimum Gasteiger partial charge on any atom is -0.183 e. The van der Waals surface area contributed by atoms with E-state index < -0.39 is 23.2 Å². The van der Waals surface area contributed by atoms with Crippen LogP contribution in [-0.2, 0) is 0 Å². The Morgan fingerprint density at radius 1 is 0.750 bits per heavy atom. The fourth-order valence-corrected chi connectivity index (χ4v) is 6.15. The van der Waals surface area contributed by atoms with Gasteiger partial charge in [-0.2, -0.15) is 13.2 Å². The first-order chi connectivity index (χ1) is 5.12. The van der Waals surface area contributed by atoms with Crippen LogP contribution >= 0.6 is 23.2 Å². The van der Waals surface area contributed by atoms with Gasteiger partial charge < -0.3 is 0 Å². The Hall–Kier alpha value is 0.340. The summed E-state index contributed by atoms with van der Waals surface area (Å²) >= 11 is 0. The smallest absolute Gasteiger partial charge is 0.183 e. The van der Waals surface area contributed by atoms with Gasteiger partial charge in [-0.3, -0.25) is 0 Å². The third kappa shape index (κ3) is 2.68. The van der Waals surface area contributed by atoms with Crippen molar-refractivity contribution in [1.82, 2.24) is 0 Å². The topological polar surface area (TPSA) is 37.1 Å². The second kappa shape index (κ2) is 2.66. The average Bonchev–Trinajstić information content (AvgIpc) is 1.44. The van der Waals surface area contributed by atoms with Crippen LogP contribution in [0.15, 0.2) is 13.5 Å². The van der Waals surface area contributed by atoms with Crippen molar-refractivity contribution >= 4 is 23.2 Å². The zero-order valence-corrected chi connectivity index (χ0v) is 8.26. The number of hydrogen-bond donors (Lipinski definition) is 0. The Morgan fingerprint density at radius 2 is 1.17 bits per heavy atom. The number of rotatable bonds is 0. The maximum Gasteiger partial charge on any atom is 0.423 e. The van der Waals surface area contributed by atoms with E-state index in [1.165, 1.54) is 0 Å². The summed E-state index contributed by atoms with van der Waals surface area (Å²) < 4.78 is 68.1. The molecule has 0 saturated carbocycles. The lowest BCUT2D eigenvalue weighted by molar-refractivity contribution is 0.697. The van der Waals surface area contributed by atoms with E-state index in [0.717, 1.165) is 0 Å². The predicted octanol–water partition coefficient (Wildman–Crippen LogP) is 5.40. The van der Waals surface area contributed by atoms with E-state index in [2.05, 4.69) is 9.03 Å². The molecule has 0 aromatic heterocycles. The number of halogens is 5. The van der Waals surface area contributed by atoms with Crippen LogP contribution in [0, 0.1) is 0 Å². The van der Waals surface area contributed by atoms with E-state index in [1.54, 1.807) is 0 Å². The van der Waals surface area contributed by atoms with Crippen LogP contribution in [0.4, 0.5) is 21.0 Å². The summed E-state index contributed by atoms with van der Waals surface area (Å²) in [6, 6.07) is 0. The Bertz CT molecular complexity index is 279. The SMILES string of the molecule is CP1(F)=NP(F)(F)=NP(F)(F)=N1. The molecule has 1 heterocycles. The zero-order valence-electron chi connectivity index (χ0n) is 5.57. The van der Waals surface area contributed by atoms with Crippen LogP contribution in [0.1, 0.15) is 0 Å². The predicted molar refractivity (Wildman–Crippen MR) is 39.5 cm³/mol. The van der Waals surface area contributed by atoms with Crippen LogP contribution in [0.2, 0.25) is 0 Å². The van der Waals surface area contributed by atoms with E-state index in [1.807, 2.05) is 4.52 Å². The van der Waals surface area contributed by atoms with Gasteiger partial charge in [0.25, 0.3) is 0 Å². The van der Waals surface area contributed by atoms with Gasteiger partial charge in [0.1, 0.15) is 0 Å². The Balaban J connectivity index is 3.46. The molecule has 3 nitrogen and oxygen atoms in total. The minimum absolute atomic E-state index is 0.559. The Kier molecular flexibility index (Phi) is 2.31. The molecule has 1 atom stereocenters. The lowest BCUT2D eigenvalue weighted by atomic mass is 12.0. The normalized spacial score (nSPS) is 37.5. The largest absolute Gasteiger partial charge is 0.423 e. The van der Waals surface area contributed by atoms with Gasteiger partial charge in [-0.15, -0.1) is 21.3 Å². The molecule has 0 aromatic rings. The molecule has 72 valence electrons. The van der Waals surface area contributed by atoms with E-state index in [9.17, 15) is 21.0 Å². The van der Waals surface area contributed by atoms with Crippen LogP contribution in [-0.4, -0.2) is 6.66 Å². The van der Waals surface area contributed by atoms with Gasteiger partial charge in [0.15, 0.2) is 0 Å². The maximum absolute atomic E-state index is 12.7. The van der Waals surface area contributed by atoms with Crippen molar-refractivity contribution < 1.29 is 21.0 Å². The molecule has 0 amide bonds. The second-order valence-corrected chi connectivity index (χ2v) is 7.58. The summed E-state index contributed by atoms with van der Waals surface area (Å²) in [5.41, 5.74) is 0. The van der Waals surface area contributed by atoms with Crippen LogP contribution in [0.25, 0.3) is 0 Å². The first kappa shape index (κ1) is 10.4. The molecule has 0 fully saturated rings. The molecular weight excluding hydrogens is 242 g/mol. The number of hydrogen-bond acceptors (Lipinski definition) is 3. The standard InChI is InChI=1S/CH3F5N3P3/c1-10(2)7-11(3,4)9-12(5,6)8-10/h1H3.